The van der Waals surface area contributed by atoms with Crippen molar-refractivity contribution in [3.63, 3.8) is 0 Å². The minimum absolute atomic E-state index is 0.122. The topological polar surface area (TPSA) is 92.7 Å². The minimum atomic E-state index is -3.49. The van der Waals surface area contributed by atoms with Crippen LogP contribution in [0.3, 0.4) is 0 Å². The van der Waals surface area contributed by atoms with E-state index < -0.39 is 10.0 Å². The maximum Gasteiger partial charge on any atom is 0.243 e. The van der Waals surface area contributed by atoms with Crippen molar-refractivity contribution < 1.29 is 8.42 Å². The summed E-state index contributed by atoms with van der Waals surface area (Å²) in [6.07, 6.45) is 5.94. The number of aromatic amines is 1. The molecule has 0 unspecified atom stereocenters. The molecule has 0 amide bonds. The zero-order valence-electron chi connectivity index (χ0n) is 8.58. The molecule has 0 radical (unpaired) electrons. The number of sulfonamides is 1. The number of nitrogens with zero attached hydrogens (tertiary/aromatic N) is 3. The van der Waals surface area contributed by atoms with Gasteiger partial charge in [-0.1, -0.05) is 0 Å². The first-order valence-electron chi connectivity index (χ1n) is 4.54. The summed E-state index contributed by atoms with van der Waals surface area (Å²) in [6, 6.07) is 0. The molecule has 16 heavy (non-hydrogen) atoms. The average molecular weight is 241 g/mol. The first-order chi connectivity index (χ1) is 7.58. The molecule has 0 aliphatic rings. The smallest absolute Gasteiger partial charge is 0.243 e. The number of H-pyrrole nitrogens is 1. The fourth-order valence-corrected chi connectivity index (χ4v) is 2.13. The monoisotopic (exact) mass is 241 g/mol. The van der Waals surface area contributed by atoms with Crippen LogP contribution in [0.5, 0.6) is 0 Å². The Hall–Kier alpha value is -1.67. The molecule has 0 saturated heterocycles. The van der Waals surface area contributed by atoms with Gasteiger partial charge in [0.15, 0.2) is 0 Å². The SMILES string of the molecule is Cn1cc(CNS(=O)(=O)c2cn[nH]c2)cn1. The molecule has 86 valence electrons. The van der Waals surface area contributed by atoms with Gasteiger partial charge in [0.05, 0.1) is 12.4 Å². The van der Waals surface area contributed by atoms with Crippen molar-refractivity contribution in [3.05, 3.63) is 30.4 Å². The van der Waals surface area contributed by atoms with E-state index in [9.17, 15) is 8.42 Å². The molecule has 2 aromatic rings. The van der Waals surface area contributed by atoms with Gasteiger partial charge in [-0.3, -0.25) is 9.78 Å². The molecule has 0 aromatic carbocycles. The van der Waals surface area contributed by atoms with Gasteiger partial charge in [0.1, 0.15) is 4.90 Å². The third-order valence-corrected chi connectivity index (χ3v) is 3.38. The first-order valence-corrected chi connectivity index (χ1v) is 6.02. The van der Waals surface area contributed by atoms with Crippen LogP contribution in [0.4, 0.5) is 0 Å². The first kappa shape index (κ1) is 10.8. The van der Waals surface area contributed by atoms with Crippen LogP contribution in [0.15, 0.2) is 29.7 Å². The molecule has 0 atom stereocenters. The Balaban J connectivity index is 2.06. The number of nitrogens with one attached hydrogen (secondary N) is 2. The van der Waals surface area contributed by atoms with Crippen molar-refractivity contribution in [3.8, 4) is 0 Å². The number of aryl methyl sites for hydroxylation is 1. The van der Waals surface area contributed by atoms with Gasteiger partial charge in [-0.2, -0.15) is 10.2 Å². The number of hydrogen-bond acceptors (Lipinski definition) is 4. The van der Waals surface area contributed by atoms with Gasteiger partial charge in [0.25, 0.3) is 0 Å². The summed E-state index contributed by atoms with van der Waals surface area (Å²) < 4.78 is 27.4. The second-order valence-electron chi connectivity index (χ2n) is 3.28. The molecule has 0 fully saturated rings. The fraction of sp³-hybridized carbons (Fsp3) is 0.250. The lowest BCUT2D eigenvalue weighted by Crippen LogP contribution is -2.22. The molecule has 2 heterocycles. The zero-order chi connectivity index (χ0) is 11.6. The highest BCUT2D eigenvalue weighted by atomic mass is 32.2. The summed E-state index contributed by atoms with van der Waals surface area (Å²) >= 11 is 0. The fourth-order valence-electron chi connectivity index (χ4n) is 1.21. The van der Waals surface area contributed by atoms with Crippen LogP contribution >= 0.6 is 0 Å². The third-order valence-electron chi connectivity index (χ3n) is 2.01. The van der Waals surface area contributed by atoms with E-state index in [1.54, 1.807) is 24.1 Å². The number of rotatable bonds is 4. The minimum Gasteiger partial charge on any atom is -0.284 e. The highest BCUT2D eigenvalue weighted by molar-refractivity contribution is 7.89. The standard InChI is InChI=1S/C8H11N5O2S/c1-13-6-7(2-11-13)3-12-16(14,15)8-4-9-10-5-8/h2,4-6,12H,3H2,1H3,(H,9,10). The summed E-state index contributed by atoms with van der Waals surface area (Å²) in [5.74, 6) is 0. The average Bonchev–Trinajstić information content (AvgIpc) is 2.85. The second-order valence-corrected chi connectivity index (χ2v) is 5.05. The molecule has 0 saturated carbocycles. The van der Waals surface area contributed by atoms with Crippen LogP contribution in [0.25, 0.3) is 0 Å². The lowest BCUT2D eigenvalue weighted by molar-refractivity contribution is 0.581. The molecule has 2 N–H and O–H groups in total. The van der Waals surface area contributed by atoms with Crippen LogP contribution < -0.4 is 4.72 Å². The molecular formula is C8H11N5O2S. The third kappa shape index (κ3) is 2.28. The van der Waals surface area contributed by atoms with Crippen LogP contribution in [0.2, 0.25) is 0 Å². The van der Waals surface area contributed by atoms with Gasteiger partial charge in [-0.25, -0.2) is 13.1 Å². The Bertz CT molecular complexity index is 557. The predicted molar refractivity (Wildman–Crippen MR) is 55.8 cm³/mol. The quantitative estimate of drug-likeness (QED) is 0.763. The lowest BCUT2D eigenvalue weighted by atomic mass is 10.4. The van der Waals surface area contributed by atoms with Crippen molar-refractivity contribution in [2.24, 2.45) is 7.05 Å². The van der Waals surface area contributed by atoms with Crippen LogP contribution in [-0.2, 0) is 23.6 Å². The summed E-state index contributed by atoms with van der Waals surface area (Å²) in [4.78, 5) is 0.122. The van der Waals surface area contributed by atoms with Gasteiger partial charge in [-0.05, 0) is 0 Å². The van der Waals surface area contributed by atoms with E-state index >= 15 is 0 Å². The van der Waals surface area contributed by atoms with E-state index in [1.807, 2.05) is 0 Å². The number of aromatic nitrogens is 4. The van der Waals surface area contributed by atoms with Crippen LogP contribution in [-0.4, -0.2) is 28.4 Å². The molecule has 8 heteroatoms. The molecule has 2 rings (SSSR count). The zero-order valence-corrected chi connectivity index (χ0v) is 9.40. The molecule has 7 nitrogen and oxygen atoms in total. The predicted octanol–water partition coefficient (Wildman–Crippen LogP) is -0.378. The molecule has 2 aromatic heterocycles. The Morgan fingerprint density at radius 2 is 2.31 bits per heavy atom. The van der Waals surface area contributed by atoms with Gasteiger partial charge in [0, 0.05) is 31.5 Å². The number of hydrogen-bond donors (Lipinski definition) is 2. The van der Waals surface area contributed by atoms with E-state index in [2.05, 4.69) is 20.0 Å². The Kier molecular flexibility index (Phi) is 2.75. The summed E-state index contributed by atoms with van der Waals surface area (Å²) in [6.45, 7) is 0.210. The van der Waals surface area contributed by atoms with Crippen molar-refractivity contribution in [1.82, 2.24) is 24.7 Å². The summed E-state index contributed by atoms with van der Waals surface area (Å²) in [5, 5.41) is 9.98. The Labute approximate surface area is 92.5 Å². The van der Waals surface area contributed by atoms with Crippen molar-refractivity contribution in [2.45, 2.75) is 11.4 Å². The molecule has 0 spiro atoms. The van der Waals surface area contributed by atoms with E-state index in [0.717, 1.165) is 5.56 Å². The molecular weight excluding hydrogens is 230 g/mol. The van der Waals surface area contributed by atoms with E-state index in [0.29, 0.717) is 0 Å². The lowest BCUT2D eigenvalue weighted by Gasteiger charge is -2.01. The largest absolute Gasteiger partial charge is 0.284 e. The highest BCUT2D eigenvalue weighted by Crippen LogP contribution is 2.05. The molecule has 0 bridgehead atoms. The van der Waals surface area contributed by atoms with Gasteiger partial charge in [0.2, 0.25) is 10.0 Å². The Morgan fingerprint density at radius 1 is 1.50 bits per heavy atom. The maximum atomic E-state index is 11.7. The van der Waals surface area contributed by atoms with E-state index in [4.69, 9.17) is 0 Å². The van der Waals surface area contributed by atoms with E-state index in [1.165, 1.54) is 12.4 Å². The van der Waals surface area contributed by atoms with Crippen molar-refractivity contribution in [2.75, 3.05) is 0 Å². The van der Waals surface area contributed by atoms with Gasteiger partial charge in [-0.15, -0.1) is 0 Å². The van der Waals surface area contributed by atoms with E-state index in [-0.39, 0.29) is 11.4 Å². The van der Waals surface area contributed by atoms with Gasteiger partial charge >= 0.3 is 0 Å². The van der Waals surface area contributed by atoms with Crippen LogP contribution in [0.1, 0.15) is 5.56 Å². The van der Waals surface area contributed by atoms with Crippen molar-refractivity contribution in [1.29, 1.82) is 0 Å². The van der Waals surface area contributed by atoms with Crippen molar-refractivity contribution >= 4 is 10.0 Å². The molecule has 0 aliphatic carbocycles. The molecule has 0 aliphatic heterocycles. The normalized spacial score (nSPS) is 11.8. The van der Waals surface area contributed by atoms with Crippen LogP contribution in [0, 0.1) is 0 Å². The highest BCUT2D eigenvalue weighted by Gasteiger charge is 2.14. The summed E-state index contributed by atoms with van der Waals surface area (Å²) in [5.41, 5.74) is 0.801. The summed E-state index contributed by atoms with van der Waals surface area (Å²) in [7, 11) is -1.71. The second kappa shape index (κ2) is 4.06. The Morgan fingerprint density at radius 3 is 2.88 bits per heavy atom. The van der Waals surface area contributed by atoms with Gasteiger partial charge < -0.3 is 0 Å². The maximum absolute atomic E-state index is 11.7.